The van der Waals surface area contributed by atoms with Crippen molar-refractivity contribution in [3.8, 4) is 0 Å². The molecule has 15 heavy (non-hydrogen) atoms. The molecule has 2 saturated heterocycles. The third kappa shape index (κ3) is 2.12. The van der Waals surface area contributed by atoms with Gasteiger partial charge in [0.1, 0.15) is 6.10 Å². The molecule has 1 N–H and O–H groups in total. The minimum absolute atomic E-state index is 0.0312. The topological polar surface area (TPSA) is 66.8 Å². The second-order valence-electron chi connectivity index (χ2n) is 4.11. The number of rotatable bonds is 2. The van der Waals surface area contributed by atoms with Crippen LogP contribution in [0, 0.1) is 5.92 Å². The number of likely N-dealkylation sites (tertiary alicyclic amines) is 1. The molecule has 0 aromatic carbocycles. The standard InChI is InChI=1S/C10H15NO4/c12-9(8-2-1-5-15-8)11-4-3-7(6-11)10(13)14/h7-8H,1-6H2,(H,13,14)/t7-,8+/m1/s1. The molecule has 0 saturated carbocycles. The van der Waals surface area contributed by atoms with Crippen LogP contribution in [-0.2, 0) is 14.3 Å². The molecule has 0 unspecified atom stereocenters. The Kier molecular flexibility index (Phi) is 2.90. The largest absolute Gasteiger partial charge is 0.481 e. The third-order valence-corrected chi connectivity index (χ3v) is 3.05. The Bertz CT molecular complexity index is 273. The quantitative estimate of drug-likeness (QED) is 0.706. The number of hydrogen-bond donors (Lipinski definition) is 1. The van der Waals surface area contributed by atoms with E-state index >= 15 is 0 Å². The Balaban J connectivity index is 1.89. The minimum atomic E-state index is -0.808. The molecule has 5 nitrogen and oxygen atoms in total. The van der Waals surface area contributed by atoms with Crippen LogP contribution in [0.1, 0.15) is 19.3 Å². The lowest BCUT2D eigenvalue weighted by Crippen LogP contribution is -2.37. The van der Waals surface area contributed by atoms with Gasteiger partial charge in [-0.1, -0.05) is 0 Å². The number of ether oxygens (including phenoxy) is 1. The molecule has 84 valence electrons. The molecule has 0 radical (unpaired) electrons. The highest BCUT2D eigenvalue weighted by Gasteiger charge is 2.35. The lowest BCUT2D eigenvalue weighted by atomic mass is 10.1. The molecule has 1 amide bonds. The molecule has 0 aromatic rings. The van der Waals surface area contributed by atoms with Crippen molar-refractivity contribution in [2.45, 2.75) is 25.4 Å². The Labute approximate surface area is 88.0 Å². The predicted octanol–water partition coefficient (Wildman–Crippen LogP) is 0.0985. The molecule has 0 spiro atoms. The number of carboxylic acid groups (broad SMARTS) is 1. The molecule has 2 aliphatic rings. The van der Waals surface area contributed by atoms with E-state index in [2.05, 4.69) is 0 Å². The number of carbonyl (C=O) groups is 2. The van der Waals surface area contributed by atoms with Crippen molar-refractivity contribution in [1.29, 1.82) is 0 Å². The zero-order chi connectivity index (χ0) is 10.8. The van der Waals surface area contributed by atoms with E-state index in [1.54, 1.807) is 4.90 Å². The molecule has 2 aliphatic heterocycles. The van der Waals surface area contributed by atoms with Gasteiger partial charge in [0.15, 0.2) is 0 Å². The van der Waals surface area contributed by atoms with E-state index in [-0.39, 0.29) is 12.0 Å². The van der Waals surface area contributed by atoms with Gasteiger partial charge in [0, 0.05) is 19.7 Å². The van der Waals surface area contributed by atoms with Gasteiger partial charge in [-0.25, -0.2) is 0 Å². The lowest BCUT2D eigenvalue weighted by molar-refractivity contribution is -0.142. The molecular formula is C10H15NO4. The SMILES string of the molecule is O=C(O)[C@@H]1CCN(C(=O)[C@@H]2CCCO2)C1. The highest BCUT2D eigenvalue weighted by Crippen LogP contribution is 2.21. The number of carbonyl (C=O) groups excluding carboxylic acids is 1. The zero-order valence-corrected chi connectivity index (χ0v) is 8.52. The molecule has 2 fully saturated rings. The highest BCUT2D eigenvalue weighted by atomic mass is 16.5. The fraction of sp³-hybridized carbons (Fsp3) is 0.800. The number of hydrogen-bond acceptors (Lipinski definition) is 3. The van der Waals surface area contributed by atoms with Gasteiger partial charge < -0.3 is 14.7 Å². The van der Waals surface area contributed by atoms with Crippen LogP contribution in [0.3, 0.4) is 0 Å². The summed E-state index contributed by atoms with van der Waals surface area (Å²) < 4.78 is 5.28. The Morgan fingerprint density at radius 1 is 1.33 bits per heavy atom. The van der Waals surface area contributed by atoms with Crippen LogP contribution in [0.2, 0.25) is 0 Å². The summed E-state index contributed by atoms with van der Waals surface area (Å²) in [6.07, 6.45) is 1.94. The third-order valence-electron chi connectivity index (χ3n) is 3.05. The van der Waals surface area contributed by atoms with E-state index in [1.807, 2.05) is 0 Å². The van der Waals surface area contributed by atoms with Gasteiger partial charge in [-0.2, -0.15) is 0 Å². The van der Waals surface area contributed by atoms with E-state index in [9.17, 15) is 9.59 Å². The van der Waals surface area contributed by atoms with Crippen molar-refractivity contribution < 1.29 is 19.4 Å². The van der Waals surface area contributed by atoms with Crippen molar-refractivity contribution in [1.82, 2.24) is 4.90 Å². The number of nitrogens with zero attached hydrogens (tertiary/aromatic N) is 1. The van der Waals surface area contributed by atoms with Crippen molar-refractivity contribution in [3.05, 3.63) is 0 Å². The summed E-state index contributed by atoms with van der Waals surface area (Å²) in [5, 5.41) is 8.81. The van der Waals surface area contributed by atoms with Gasteiger partial charge in [-0.15, -0.1) is 0 Å². The molecule has 0 bridgehead atoms. The van der Waals surface area contributed by atoms with Crippen LogP contribution < -0.4 is 0 Å². The van der Waals surface area contributed by atoms with Crippen LogP contribution in [0.15, 0.2) is 0 Å². The minimum Gasteiger partial charge on any atom is -0.481 e. The Morgan fingerprint density at radius 2 is 2.13 bits per heavy atom. The number of aliphatic carboxylic acids is 1. The van der Waals surface area contributed by atoms with E-state index < -0.39 is 11.9 Å². The van der Waals surface area contributed by atoms with Crippen LogP contribution in [0.25, 0.3) is 0 Å². The maximum absolute atomic E-state index is 11.8. The monoisotopic (exact) mass is 213 g/mol. The van der Waals surface area contributed by atoms with Gasteiger partial charge in [-0.05, 0) is 19.3 Å². The molecule has 2 rings (SSSR count). The fourth-order valence-corrected chi connectivity index (χ4v) is 2.14. The van der Waals surface area contributed by atoms with Gasteiger partial charge >= 0.3 is 5.97 Å². The molecular weight excluding hydrogens is 198 g/mol. The van der Waals surface area contributed by atoms with E-state index in [0.29, 0.717) is 26.1 Å². The van der Waals surface area contributed by atoms with Gasteiger partial charge in [0.2, 0.25) is 0 Å². The van der Waals surface area contributed by atoms with Gasteiger partial charge in [0.25, 0.3) is 5.91 Å². The van der Waals surface area contributed by atoms with Gasteiger partial charge in [0.05, 0.1) is 5.92 Å². The molecule has 0 aliphatic carbocycles. The highest BCUT2D eigenvalue weighted by molar-refractivity contribution is 5.82. The van der Waals surface area contributed by atoms with Crippen LogP contribution in [0.5, 0.6) is 0 Å². The molecule has 2 atom stereocenters. The van der Waals surface area contributed by atoms with Gasteiger partial charge in [-0.3, -0.25) is 9.59 Å². The summed E-state index contributed by atoms with van der Waals surface area (Å²) in [5.41, 5.74) is 0. The second kappa shape index (κ2) is 4.18. The summed E-state index contributed by atoms with van der Waals surface area (Å²) in [5.74, 6) is -1.23. The maximum Gasteiger partial charge on any atom is 0.308 e. The lowest BCUT2D eigenvalue weighted by Gasteiger charge is -2.19. The Morgan fingerprint density at radius 3 is 2.67 bits per heavy atom. The second-order valence-corrected chi connectivity index (χ2v) is 4.11. The first-order valence-electron chi connectivity index (χ1n) is 5.31. The van der Waals surface area contributed by atoms with E-state index in [0.717, 1.165) is 12.8 Å². The first-order valence-corrected chi connectivity index (χ1v) is 5.31. The smallest absolute Gasteiger partial charge is 0.308 e. The first-order chi connectivity index (χ1) is 7.18. The van der Waals surface area contributed by atoms with Crippen LogP contribution >= 0.6 is 0 Å². The van der Waals surface area contributed by atoms with Crippen molar-refractivity contribution in [2.75, 3.05) is 19.7 Å². The summed E-state index contributed by atoms with van der Waals surface area (Å²) in [6.45, 7) is 1.54. The van der Waals surface area contributed by atoms with Crippen molar-refractivity contribution in [3.63, 3.8) is 0 Å². The Hall–Kier alpha value is -1.10. The molecule has 5 heteroatoms. The number of carboxylic acids is 1. The summed E-state index contributed by atoms with van der Waals surface area (Å²) in [6, 6.07) is 0. The molecule has 2 heterocycles. The normalized spacial score (nSPS) is 30.8. The maximum atomic E-state index is 11.8. The van der Waals surface area contributed by atoms with Crippen molar-refractivity contribution >= 4 is 11.9 Å². The fourth-order valence-electron chi connectivity index (χ4n) is 2.14. The van der Waals surface area contributed by atoms with E-state index in [4.69, 9.17) is 9.84 Å². The zero-order valence-electron chi connectivity index (χ0n) is 8.52. The van der Waals surface area contributed by atoms with Crippen LogP contribution in [-0.4, -0.2) is 47.7 Å². The average molecular weight is 213 g/mol. The summed E-state index contributed by atoms with van der Waals surface area (Å²) in [4.78, 5) is 24.2. The van der Waals surface area contributed by atoms with E-state index in [1.165, 1.54) is 0 Å². The van der Waals surface area contributed by atoms with Crippen LogP contribution in [0.4, 0.5) is 0 Å². The molecule has 0 aromatic heterocycles. The predicted molar refractivity (Wildman–Crippen MR) is 51.3 cm³/mol. The average Bonchev–Trinajstić information content (AvgIpc) is 2.88. The summed E-state index contributed by atoms with van der Waals surface area (Å²) in [7, 11) is 0. The number of amides is 1. The summed E-state index contributed by atoms with van der Waals surface area (Å²) >= 11 is 0. The first kappa shape index (κ1) is 10.4. The van der Waals surface area contributed by atoms with Crippen molar-refractivity contribution in [2.24, 2.45) is 5.92 Å².